The molecule has 180 valence electrons. The zero-order chi connectivity index (χ0) is 24.8. The van der Waals surface area contributed by atoms with E-state index in [4.69, 9.17) is 11.9 Å². The zero-order valence-corrected chi connectivity index (χ0v) is 21.0. The molecule has 4 aromatic rings. The summed E-state index contributed by atoms with van der Waals surface area (Å²) in [5, 5.41) is 11.7. The van der Waals surface area contributed by atoms with E-state index < -0.39 is 0 Å². The van der Waals surface area contributed by atoms with Gasteiger partial charge in [0.2, 0.25) is 0 Å². The van der Waals surface area contributed by atoms with Crippen LogP contribution in [0.2, 0.25) is 0 Å². The maximum Gasteiger partial charge on any atom is 0.120 e. The van der Waals surface area contributed by atoms with Gasteiger partial charge in [0.05, 0.1) is 11.2 Å². The number of fused-ring (bicyclic) bond motifs is 1. The van der Waals surface area contributed by atoms with Crippen LogP contribution in [0.25, 0.3) is 10.9 Å². The van der Waals surface area contributed by atoms with Gasteiger partial charge in [-0.15, -0.1) is 0 Å². The van der Waals surface area contributed by atoms with Crippen LogP contribution in [0.1, 0.15) is 49.1 Å². The van der Waals surface area contributed by atoms with E-state index in [2.05, 4.69) is 66.1 Å². The molecule has 0 saturated heterocycles. The highest BCUT2D eigenvalue weighted by molar-refractivity contribution is 5.94. The van der Waals surface area contributed by atoms with E-state index in [-0.39, 0.29) is 0 Å². The molecule has 4 heteroatoms. The van der Waals surface area contributed by atoms with Gasteiger partial charge >= 0.3 is 0 Å². The fraction of sp³-hybridized carbons (Fsp3) is 0.290. The Balaban J connectivity index is 1.75. The van der Waals surface area contributed by atoms with E-state index in [1.165, 1.54) is 0 Å². The summed E-state index contributed by atoms with van der Waals surface area (Å²) in [6.07, 6.45) is 2.19. The fourth-order valence-corrected chi connectivity index (χ4v) is 4.67. The van der Waals surface area contributed by atoms with Gasteiger partial charge in [-0.05, 0) is 87.3 Å². The molecule has 0 spiro atoms. The van der Waals surface area contributed by atoms with Gasteiger partial charge in [0.1, 0.15) is 5.75 Å². The highest BCUT2D eigenvalue weighted by atomic mass is 16.3. The van der Waals surface area contributed by atoms with Crippen molar-refractivity contribution < 1.29 is 5.11 Å². The van der Waals surface area contributed by atoms with Gasteiger partial charge in [-0.1, -0.05) is 50.2 Å². The number of para-hydroxylation sites is 1. The number of aromatic nitrogens is 1. The second-order valence-electron chi connectivity index (χ2n) is 9.22. The Morgan fingerprint density at radius 2 is 1.57 bits per heavy atom. The first-order valence-electron chi connectivity index (χ1n) is 12.5. The predicted molar refractivity (Wildman–Crippen MR) is 146 cm³/mol. The van der Waals surface area contributed by atoms with Crippen molar-refractivity contribution in [2.45, 2.75) is 46.7 Å². The molecule has 0 aliphatic carbocycles. The minimum Gasteiger partial charge on any atom is -0.508 e. The second kappa shape index (κ2) is 11.4. The third kappa shape index (κ3) is 6.01. The topological polar surface area (TPSA) is 39.6 Å². The van der Waals surface area contributed by atoms with Gasteiger partial charge in [-0.25, -0.2) is 0 Å². The lowest BCUT2D eigenvalue weighted by atomic mass is 10.1. The number of rotatable bonds is 10. The molecule has 1 N–H and O–H groups in total. The Hall–Kier alpha value is -3.37. The summed E-state index contributed by atoms with van der Waals surface area (Å²) >= 11 is 0. The van der Waals surface area contributed by atoms with Gasteiger partial charge in [0.25, 0.3) is 0 Å². The Kier molecular flexibility index (Phi) is 8.04. The quantitative estimate of drug-likeness (QED) is 0.267. The summed E-state index contributed by atoms with van der Waals surface area (Å²) in [5.41, 5.74) is 6.96. The maximum absolute atomic E-state index is 10.6. The number of aromatic hydroxyl groups is 1. The van der Waals surface area contributed by atoms with Crippen LogP contribution in [-0.4, -0.2) is 28.1 Å². The molecule has 0 bridgehead atoms. The van der Waals surface area contributed by atoms with Crippen molar-refractivity contribution in [2.24, 2.45) is 0 Å². The molecule has 0 aliphatic heterocycles. The summed E-state index contributed by atoms with van der Waals surface area (Å²) in [6, 6.07) is 24.4. The van der Waals surface area contributed by atoms with Crippen LogP contribution in [0.4, 0.5) is 11.4 Å². The average molecular weight is 466 g/mol. The van der Waals surface area contributed by atoms with Crippen LogP contribution in [0.15, 0.2) is 72.8 Å². The Morgan fingerprint density at radius 3 is 2.29 bits per heavy atom. The molecule has 1 heterocycles. The normalized spacial score (nSPS) is 11.3. The van der Waals surface area contributed by atoms with Crippen LogP contribution < -0.4 is 4.90 Å². The standard InChI is InChI=1S/C31H35N3O/c1-5-17-33(18-6-2)22-26-20-25(13-16-31(26)35)21-34(27-14-11-23(3)12-15-27)30-19-24(4)32-29-10-8-7-9-28(29)30/h3,7-16,19-20,35H,5-6,17-18,21-22H2,1-2,4H3. The van der Waals surface area contributed by atoms with Crippen molar-refractivity contribution >= 4 is 22.3 Å². The number of phenolic OH excluding ortho intramolecular Hbond substituents is 1. The lowest BCUT2D eigenvalue weighted by molar-refractivity contribution is 0.262. The number of hydrogen-bond acceptors (Lipinski definition) is 4. The van der Waals surface area contributed by atoms with Crippen molar-refractivity contribution in [3.63, 3.8) is 0 Å². The Bertz CT molecular complexity index is 1260. The molecule has 0 unspecified atom stereocenters. The van der Waals surface area contributed by atoms with Crippen LogP contribution in [0.3, 0.4) is 0 Å². The van der Waals surface area contributed by atoms with Gasteiger partial charge in [0, 0.05) is 35.4 Å². The summed E-state index contributed by atoms with van der Waals surface area (Å²) in [6.45, 7) is 15.9. The second-order valence-corrected chi connectivity index (χ2v) is 9.22. The highest BCUT2D eigenvalue weighted by Gasteiger charge is 2.16. The number of phenols is 1. The van der Waals surface area contributed by atoms with Crippen molar-refractivity contribution in [1.82, 2.24) is 9.88 Å². The molecule has 4 rings (SSSR count). The largest absolute Gasteiger partial charge is 0.508 e. The predicted octanol–water partition coefficient (Wildman–Crippen LogP) is 7.27. The first-order valence-corrected chi connectivity index (χ1v) is 12.5. The smallest absolute Gasteiger partial charge is 0.120 e. The van der Waals surface area contributed by atoms with E-state index in [1.54, 1.807) is 0 Å². The van der Waals surface area contributed by atoms with Gasteiger partial charge in [-0.3, -0.25) is 9.88 Å². The molecule has 3 aromatic carbocycles. The van der Waals surface area contributed by atoms with Crippen LogP contribution >= 0.6 is 0 Å². The lowest BCUT2D eigenvalue weighted by Crippen LogP contribution is -2.25. The number of nitrogens with zero attached hydrogens (tertiary/aromatic N) is 3. The molecule has 2 radical (unpaired) electrons. The third-order valence-corrected chi connectivity index (χ3v) is 6.28. The number of pyridine rings is 1. The summed E-state index contributed by atoms with van der Waals surface area (Å²) < 4.78 is 0. The minimum atomic E-state index is 0.357. The van der Waals surface area contributed by atoms with E-state index in [1.807, 2.05) is 37.3 Å². The lowest BCUT2D eigenvalue weighted by Gasteiger charge is -2.28. The van der Waals surface area contributed by atoms with Crippen LogP contribution in [0, 0.1) is 13.8 Å². The molecular weight excluding hydrogens is 430 g/mol. The summed E-state index contributed by atoms with van der Waals surface area (Å²) in [4.78, 5) is 9.46. The van der Waals surface area contributed by atoms with E-state index >= 15 is 0 Å². The zero-order valence-electron chi connectivity index (χ0n) is 21.0. The average Bonchev–Trinajstić information content (AvgIpc) is 2.85. The van der Waals surface area contributed by atoms with Crippen LogP contribution in [0.5, 0.6) is 5.75 Å². The minimum absolute atomic E-state index is 0.357. The highest BCUT2D eigenvalue weighted by Crippen LogP contribution is 2.34. The van der Waals surface area contributed by atoms with Gasteiger partial charge < -0.3 is 10.0 Å². The van der Waals surface area contributed by atoms with Crippen molar-refractivity contribution in [3.8, 4) is 5.75 Å². The monoisotopic (exact) mass is 465 g/mol. The maximum atomic E-state index is 10.6. The first-order chi connectivity index (χ1) is 17.0. The Morgan fingerprint density at radius 1 is 0.857 bits per heavy atom. The molecule has 0 aliphatic rings. The number of hydrogen-bond donors (Lipinski definition) is 1. The summed E-state index contributed by atoms with van der Waals surface area (Å²) in [7, 11) is 0. The number of benzene rings is 3. The van der Waals surface area contributed by atoms with Crippen molar-refractivity contribution in [3.05, 3.63) is 102 Å². The van der Waals surface area contributed by atoms with E-state index in [0.717, 1.165) is 77.1 Å². The number of aryl methyl sites for hydroxylation is 1. The van der Waals surface area contributed by atoms with E-state index in [9.17, 15) is 5.11 Å². The molecule has 0 atom stereocenters. The van der Waals surface area contributed by atoms with Crippen LogP contribution in [-0.2, 0) is 13.1 Å². The van der Waals surface area contributed by atoms with E-state index in [0.29, 0.717) is 12.3 Å². The molecule has 0 fully saturated rings. The third-order valence-electron chi connectivity index (χ3n) is 6.28. The Labute approximate surface area is 209 Å². The van der Waals surface area contributed by atoms with Gasteiger partial charge in [-0.2, -0.15) is 0 Å². The SMILES string of the molecule is [CH]c1ccc(N(Cc2ccc(O)c(CN(CCC)CCC)c2)c2cc(C)nc3ccccc23)cc1. The molecule has 0 amide bonds. The van der Waals surface area contributed by atoms with Gasteiger partial charge in [0.15, 0.2) is 0 Å². The molecule has 35 heavy (non-hydrogen) atoms. The first kappa shape index (κ1) is 24.7. The van der Waals surface area contributed by atoms with Crippen molar-refractivity contribution in [2.75, 3.05) is 18.0 Å². The molecular formula is C31H35N3O. The fourth-order valence-electron chi connectivity index (χ4n) is 4.67. The molecule has 1 aromatic heterocycles. The van der Waals surface area contributed by atoms with Crippen molar-refractivity contribution in [1.29, 1.82) is 0 Å². The molecule has 4 nitrogen and oxygen atoms in total. The number of anilines is 2. The molecule has 0 saturated carbocycles. The summed E-state index contributed by atoms with van der Waals surface area (Å²) in [5.74, 6) is 0.357.